The van der Waals surface area contributed by atoms with E-state index in [-0.39, 0.29) is 0 Å². The van der Waals surface area contributed by atoms with Crippen molar-refractivity contribution < 1.29 is 0 Å². The Balaban J connectivity index is 2.50. The van der Waals surface area contributed by atoms with Crippen molar-refractivity contribution in [1.82, 2.24) is 10.2 Å². The second-order valence-electron chi connectivity index (χ2n) is 5.36. The predicted molar refractivity (Wildman–Crippen MR) is 80.0 cm³/mol. The molecule has 0 radical (unpaired) electrons. The van der Waals surface area contributed by atoms with Crippen LogP contribution in [0, 0.1) is 0 Å². The minimum Gasteiger partial charge on any atom is -0.311 e. The second kappa shape index (κ2) is 7.65. The Morgan fingerprint density at radius 2 is 2.12 bits per heavy atom. The lowest BCUT2D eigenvalue weighted by Gasteiger charge is -2.48. The van der Waals surface area contributed by atoms with Crippen molar-refractivity contribution in [2.75, 3.05) is 31.1 Å². The van der Waals surface area contributed by atoms with Crippen LogP contribution >= 0.6 is 11.8 Å². The Morgan fingerprint density at radius 3 is 2.71 bits per heavy atom. The van der Waals surface area contributed by atoms with Gasteiger partial charge in [-0.1, -0.05) is 27.2 Å². The third-order valence-corrected chi connectivity index (χ3v) is 4.96. The van der Waals surface area contributed by atoms with Gasteiger partial charge in [-0.3, -0.25) is 4.90 Å². The van der Waals surface area contributed by atoms with Crippen LogP contribution in [0.4, 0.5) is 0 Å². The minimum atomic E-state index is 0.374. The summed E-state index contributed by atoms with van der Waals surface area (Å²) in [7, 11) is 0. The van der Waals surface area contributed by atoms with E-state index >= 15 is 0 Å². The molecular weight excluding hydrogens is 228 g/mol. The summed E-state index contributed by atoms with van der Waals surface area (Å²) < 4.78 is 0. The molecule has 0 aliphatic carbocycles. The summed E-state index contributed by atoms with van der Waals surface area (Å²) >= 11 is 2.07. The van der Waals surface area contributed by atoms with Crippen LogP contribution in [-0.2, 0) is 0 Å². The molecule has 0 saturated carbocycles. The SMILES string of the molecule is CCCC1CN(CCSCC)C(C)(CC)CN1. The lowest BCUT2D eigenvalue weighted by Crippen LogP contribution is -2.63. The third-order valence-electron chi connectivity index (χ3n) is 4.08. The van der Waals surface area contributed by atoms with Gasteiger partial charge in [0.05, 0.1) is 0 Å². The first-order valence-corrected chi connectivity index (χ1v) is 8.38. The summed E-state index contributed by atoms with van der Waals surface area (Å²) in [6, 6.07) is 0.714. The number of nitrogens with one attached hydrogen (secondary N) is 1. The zero-order valence-corrected chi connectivity index (χ0v) is 12.9. The molecule has 0 bridgehead atoms. The highest BCUT2D eigenvalue weighted by molar-refractivity contribution is 7.99. The first-order valence-electron chi connectivity index (χ1n) is 7.22. The molecule has 2 atom stereocenters. The minimum absolute atomic E-state index is 0.374. The van der Waals surface area contributed by atoms with E-state index in [1.807, 2.05) is 0 Å². The molecule has 0 amide bonds. The van der Waals surface area contributed by atoms with Gasteiger partial charge < -0.3 is 5.32 Å². The number of rotatable bonds is 7. The van der Waals surface area contributed by atoms with E-state index in [0.29, 0.717) is 11.6 Å². The molecule has 1 rings (SSSR count). The second-order valence-corrected chi connectivity index (χ2v) is 6.75. The average Bonchev–Trinajstić information content (AvgIpc) is 2.34. The van der Waals surface area contributed by atoms with Crippen LogP contribution in [0.15, 0.2) is 0 Å². The fourth-order valence-corrected chi connectivity index (χ4v) is 3.24. The van der Waals surface area contributed by atoms with Crippen LogP contribution in [0.5, 0.6) is 0 Å². The van der Waals surface area contributed by atoms with Gasteiger partial charge in [-0.15, -0.1) is 0 Å². The lowest BCUT2D eigenvalue weighted by molar-refractivity contribution is 0.0532. The molecule has 1 N–H and O–H groups in total. The van der Waals surface area contributed by atoms with Gasteiger partial charge in [0, 0.05) is 37.0 Å². The zero-order chi connectivity index (χ0) is 12.7. The summed E-state index contributed by atoms with van der Waals surface area (Å²) in [5.41, 5.74) is 0.374. The van der Waals surface area contributed by atoms with E-state index in [4.69, 9.17) is 0 Å². The van der Waals surface area contributed by atoms with Crippen molar-refractivity contribution in [2.45, 2.75) is 58.5 Å². The first kappa shape index (κ1) is 15.3. The number of piperazine rings is 1. The Morgan fingerprint density at radius 1 is 1.35 bits per heavy atom. The maximum atomic E-state index is 3.73. The molecule has 2 nitrogen and oxygen atoms in total. The molecule has 0 aromatic heterocycles. The topological polar surface area (TPSA) is 15.3 Å². The summed E-state index contributed by atoms with van der Waals surface area (Å²) in [5.74, 6) is 2.53. The van der Waals surface area contributed by atoms with Gasteiger partial charge in [0.2, 0.25) is 0 Å². The van der Waals surface area contributed by atoms with E-state index in [9.17, 15) is 0 Å². The molecule has 0 aromatic carbocycles. The van der Waals surface area contributed by atoms with Crippen LogP contribution < -0.4 is 5.32 Å². The average molecular weight is 258 g/mol. The maximum Gasteiger partial charge on any atom is 0.0304 e. The standard InChI is InChI=1S/C14H30N2S/c1-5-8-13-11-16(9-10-17-7-3)14(4,6-2)12-15-13/h13,15H,5-12H2,1-4H3. The highest BCUT2D eigenvalue weighted by Crippen LogP contribution is 2.24. The largest absolute Gasteiger partial charge is 0.311 e. The zero-order valence-electron chi connectivity index (χ0n) is 12.1. The Bertz CT molecular complexity index is 210. The van der Waals surface area contributed by atoms with Gasteiger partial charge in [0.25, 0.3) is 0 Å². The summed E-state index contributed by atoms with van der Waals surface area (Å²) in [4.78, 5) is 2.73. The van der Waals surface area contributed by atoms with E-state index in [0.717, 1.165) is 6.54 Å². The molecule has 1 fully saturated rings. The molecule has 17 heavy (non-hydrogen) atoms. The van der Waals surface area contributed by atoms with E-state index in [2.05, 4.69) is 49.7 Å². The molecule has 1 heterocycles. The van der Waals surface area contributed by atoms with Crippen molar-refractivity contribution in [2.24, 2.45) is 0 Å². The number of nitrogens with zero attached hydrogens (tertiary/aromatic N) is 1. The molecule has 2 unspecified atom stereocenters. The van der Waals surface area contributed by atoms with Crippen molar-refractivity contribution in [3.8, 4) is 0 Å². The van der Waals surface area contributed by atoms with Gasteiger partial charge in [-0.25, -0.2) is 0 Å². The fraction of sp³-hybridized carbons (Fsp3) is 1.00. The lowest BCUT2D eigenvalue weighted by atomic mass is 9.91. The van der Waals surface area contributed by atoms with Crippen molar-refractivity contribution in [3.05, 3.63) is 0 Å². The molecule has 1 aliphatic rings. The summed E-state index contributed by atoms with van der Waals surface area (Å²) in [5, 5.41) is 3.73. The predicted octanol–water partition coefficient (Wildman–Crippen LogP) is 2.98. The molecule has 0 aromatic rings. The van der Waals surface area contributed by atoms with E-state index in [1.54, 1.807) is 0 Å². The van der Waals surface area contributed by atoms with Crippen LogP contribution in [0.1, 0.15) is 47.0 Å². The van der Waals surface area contributed by atoms with Gasteiger partial charge in [-0.2, -0.15) is 11.8 Å². The van der Waals surface area contributed by atoms with Gasteiger partial charge in [-0.05, 0) is 25.5 Å². The highest BCUT2D eigenvalue weighted by atomic mass is 32.2. The summed E-state index contributed by atoms with van der Waals surface area (Å²) in [6.07, 6.45) is 3.85. The molecule has 1 saturated heterocycles. The Labute approximate surface area is 112 Å². The van der Waals surface area contributed by atoms with Crippen LogP contribution in [0.2, 0.25) is 0 Å². The Kier molecular flexibility index (Phi) is 6.90. The van der Waals surface area contributed by atoms with E-state index in [1.165, 1.54) is 43.9 Å². The fourth-order valence-electron chi connectivity index (χ4n) is 2.60. The smallest absolute Gasteiger partial charge is 0.0304 e. The maximum absolute atomic E-state index is 3.73. The van der Waals surface area contributed by atoms with E-state index < -0.39 is 0 Å². The first-order chi connectivity index (χ1) is 8.16. The van der Waals surface area contributed by atoms with Gasteiger partial charge in [0.15, 0.2) is 0 Å². The third kappa shape index (κ3) is 4.46. The molecule has 102 valence electrons. The normalized spacial score (nSPS) is 30.7. The van der Waals surface area contributed by atoms with Crippen LogP contribution in [0.3, 0.4) is 0 Å². The number of hydrogen-bond acceptors (Lipinski definition) is 3. The van der Waals surface area contributed by atoms with Crippen molar-refractivity contribution >= 4 is 11.8 Å². The molecule has 0 spiro atoms. The van der Waals surface area contributed by atoms with Gasteiger partial charge in [0.1, 0.15) is 0 Å². The molecule has 3 heteroatoms. The monoisotopic (exact) mass is 258 g/mol. The number of thioether (sulfide) groups is 1. The van der Waals surface area contributed by atoms with Crippen LogP contribution in [-0.4, -0.2) is 47.6 Å². The summed E-state index contributed by atoms with van der Waals surface area (Å²) in [6.45, 7) is 12.9. The van der Waals surface area contributed by atoms with Gasteiger partial charge >= 0.3 is 0 Å². The number of hydrogen-bond donors (Lipinski definition) is 1. The van der Waals surface area contributed by atoms with Crippen molar-refractivity contribution in [1.29, 1.82) is 0 Å². The Hall–Kier alpha value is 0.270. The quantitative estimate of drug-likeness (QED) is 0.707. The van der Waals surface area contributed by atoms with Crippen LogP contribution in [0.25, 0.3) is 0 Å². The molecular formula is C14H30N2S. The molecule has 1 aliphatic heterocycles. The van der Waals surface area contributed by atoms with Crippen molar-refractivity contribution in [3.63, 3.8) is 0 Å². The highest BCUT2D eigenvalue weighted by Gasteiger charge is 2.35.